The number of piperidine rings is 1. The maximum Gasteiger partial charge on any atom is 0.228 e. The standard InChI is InChI=1S/C21H25N3O/c1-16-6-4-9-19(23-16)14-24-11-5-10-21(15-24)12-17-7-2-3-8-18(17)13-22-20(21)25/h2-4,6-9H,5,10-15H2,1H3,(H,22,25). The molecule has 1 aromatic heterocycles. The van der Waals surface area contributed by atoms with Gasteiger partial charge in [0.25, 0.3) is 0 Å². The van der Waals surface area contributed by atoms with E-state index in [9.17, 15) is 4.79 Å². The summed E-state index contributed by atoms with van der Waals surface area (Å²) in [7, 11) is 0. The molecule has 1 saturated heterocycles. The van der Waals surface area contributed by atoms with Crippen molar-refractivity contribution in [2.24, 2.45) is 5.41 Å². The van der Waals surface area contributed by atoms with Crippen molar-refractivity contribution >= 4 is 5.91 Å². The Morgan fingerprint density at radius 3 is 2.84 bits per heavy atom. The Balaban J connectivity index is 1.57. The summed E-state index contributed by atoms with van der Waals surface area (Å²) in [5, 5.41) is 3.17. The van der Waals surface area contributed by atoms with Gasteiger partial charge in [-0.05, 0) is 56.0 Å². The van der Waals surface area contributed by atoms with Gasteiger partial charge in [-0.2, -0.15) is 0 Å². The van der Waals surface area contributed by atoms with Gasteiger partial charge in [-0.15, -0.1) is 0 Å². The van der Waals surface area contributed by atoms with E-state index in [2.05, 4.69) is 51.6 Å². The van der Waals surface area contributed by atoms with Gasteiger partial charge in [0.05, 0.1) is 11.1 Å². The monoisotopic (exact) mass is 335 g/mol. The number of pyridine rings is 1. The summed E-state index contributed by atoms with van der Waals surface area (Å²) in [5.41, 5.74) is 4.40. The molecule has 3 heterocycles. The smallest absolute Gasteiger partial charge is 0.228 e. The Hall–Kier alpha value is -2.20. The first-order valence-corrected chi connectivity index (χ1v) is 9.15. The van der Waals surface area contributed by atoms with Crippen LogP contribution >= 0.6 is 0 Å². The maximum absolute atomic E-state index is 13.0. The van der Waals surface area contributed by atoms with E-state index in [0.29, 0.717) is 6.54 Å². The Bertz CT molecular complexity index is 788. The largest absolute Gasteiger partial charge is 0.351 e. The number of benzene rings is 1. The molecule has 1 aromatic carbocycles. The second kappa shape index (κ2) is 6.60. The molecule has 1 N–H and O–H groups in total. The van der Waals surface area contributed by atoms with Gasteiger partial charge in [0, 0.05) is 25.3 Å². The van der Waals surface area contributed by atoms with Gasteiger partial charge in [0.2, 0.25) is 5.91 Å². The van der Waals surface area contributed by atoms with Crippen molar-refractivity contribution < 1.29 is 4.79 Å². The Kier molecular flexibility index (Phi) is 4.30. The van der Waals surface area contributed by atoms with Gasteiger partial charge in [-0.3, -0.25) is 14.7 Å². The van der Waals surface area contributed by atoms with E-state index in [1.807, 2.05) is 13.0 Å². The summed E-state index contributed by atoms with van der Waals surface area (Å²) in [5.74, 6) is 0.214. The topological polar surface area (TPSA) is 45.2 Å². The fourth-order valence-electron chi connectivity index (χ4n) is 4.32. The quantitative estimate of drug-likeness (QED) is 0.918. The van der Waals surface area contributed by atoms with Crippen LogP contribution in [0, 0.1) is 12.3 Å². The van der Waals surface area contributed by atoms with Crippen molar-refractivity contribution in [3.8, 4) is 0 Å². The van der Waals surface area contributed by atoms with E-state index in [-0.39, 0.29) is 11.3 Å². The highest BCUT2D eigenvalue weighted by molar-refractivity contribution is 5.84. The highest BCUT2D eigenvalue weighted by atomic mass is 16.2. The number of amides is 1. The highest BCUT2D eigenvalue weighted by Gasteiger charge is 2.43. The average molecular weight is 335 g/mol. The molecule has 0 aliphatic carbocycles. The number of carbonyl (C=O) groups excluding carboxylic acids is 1. The SMILES string of the molecule is Cc1cccc(CN2CCCC3(Cc4ccccc4CNC3=O)C2)n1. The second-order valence-corrected chi connectivity index (χ2v) is 7.49. The third-order valence-electron chi connectivity index (χ3n) is 5.56. The van der Waals surface area contributed by atoms with Crippen molar-refractivity contribution in [2.75, 3.05) is 13.1 Å². The average Bonchev–Trinajstić information content (AvgIpc) is 2.73. The third kappa shape index (κ3) is 3.31. The van der Waals surface area contributed by atoms with Crippen LogP contribution in [0.1, 0.15) is 35.4 Å². The number of rotatable bonds is 2. The molecular formula is C21H25N3O. The maximum atomic E-state index is 13.0. The molecule has 2 aliphatic rings. The van der Waals surface area contributed by atoms with E-state index in [1.54, 1.807) is 0 Å². The zero-order chi connectivity index (χ0) is 17.3. The van der Waals surface area contributed by atoms with Gasteiger partial charge in [-0.25, -0.2) is 0 Å². The summed E-state index contributed by atoms with van der Waals surface area (Å²) in [4.78, 5) is 20.0. The number of nitrogens with zero attached hydrogens (tertiary/aromatic N) is 2. The minimum atomic E-state index is -0.311. The first kappa shape index (κ1) is 16.3. The van der Waals surface area contributed by atoms with Crippen LogP contribution in [0.4, 0.5) is 0 Å². The van der Waals surface area contributed by atoms with E-state index in [0.717, 1.165) is 50.3 Å². The van der Waals surface area contributed by atoms with Crippen LogP contribution in [-0.4, -0.2) is 28.9 Å². The normalized spacial score (nSPS) is 23.8. The predicted octanol–water partition coefficient (Wildman–Crippen LogP) is 2.84. The van der Waals surface area contributed by atoms with E-state index in [1.165, 1.54) is 11.1 Å². The molecule has 0 bridgehead atoms. The molecule has 4 nitrogen and oxygen atoms in total. The molecule has 4 heteroatoms. The minimum Gasteiger partial charge on any atom is -0.351 e. The fraction of sp³-hybridized carbons (Fsp3) is 0.429. The fourth-order valence-corrected chi connectivity index (χ4v) is 4.32. The lowest BCUT2D eigenvalue weighted by atomic mass is 9.74. The molecule has 4 rings (SSSR count). The van der Waals surface area contributed by atoms with Crippen molar-refractivity contribution in [1.29, 1.82) is 0 Å². The molecule has 1 fully saturated rings. The molecule has 1 unspecified atom stereocenters. The number of fused-ring (bicyclic) bond motifs is 1. The molecule has 0 radical (unpaired) electrons. The number of likely N-dealkylation sites (tertiary alicyclic amines) is 1. The minimum absolute atomic E-state index is 0.214. The van der Waals surface area contributed by atoms with Crippen LogP contribution in [0.2, 0.25) is 0 Å². The number of hydrogen-bond donors (Lipinski definition) is 1. The molecule has 1 amide bonds. The zero-order valence-corrected chi connectivity index (χ0v) is 14.8. The lowest BCUT2D eigenvalue weighted by Crippen LogP contribution is -2.51. The van der Waals surface area contributed by atoms with E-state index < -0.39 is 0 Å². The van der Waals surface area contributed by atoms with Gasteiger partial charge in [0.15, 0.2) is 0 Å². The van der Waals surface area contributed by atoms with E-state index >= 15 is 0 Å². The van der Waals surface area contributed by atoms with Crippen LogP contribution in [0.3, 0.4) is 0 Å². The molecule has 25 heavy (non-hydrogen) atoms. The van der Waals surface area contributed by atoms with Crippen LogP contribution < -0.4 is 5.32 Å². The number of hydrogen-bond acceptors (Lipinski definition) is 3. The highest BCUT2D eigenvalue weighted by Crippen LogP contribution is 2.37. The number of aryl methyl sites for hydroxylation is 1. The van der Waals surface area contributed by atoms with Crippen LogP contribution in [0.25, 0.3) is 0 Å². The molecule has 1 spiro atoms. The predicted molar refractivity (Wildman–Crippen MR) is 97.9 cm³/mol. The summed E-state index contributed by atoms with van der Waals surface area (Å²) in [6, 6.07) is 14.6. The summed E-state index contributed by atoms with van der Waals surface area (Å²) in [6.45, 7) is 5.33. The summed E-state index contributed by atoms with van der Waals surface area (Å²) >= 11 is 0. The van der Waals surface area contributed by atoms with Crippen molar-refractivity contribution in [2.45, 2.75) is 39.3 Å². The van der Waals surface area contributed by atoms with Crippen molar-refractivity contribution in [1.82, 2.24) is 15.2 Å². The van der Waals surface area contributed by atoms with Crippen LogP contribution in [0.15, 0.2) is 42.5 Å². The Morgan fingerprint density at radius 1 is 1.16 bits per heavy atom. The lowest BCUT2D eigenvalue weighted by Gasteiger charge is -2.41. The van der Waals surface area contributed by atoms with Crippen molar-refractivity contribution in [3.63, 3.8) is 0 Å². The Morgan fingerprint density at radius 2 is 2.00 bits per heavy atom. The van der Waals surface area contributed by atoms with Gasteiger partial charge in [-0.1, -0.05) is 30.3 Å². The Labute approximate surface area is 149 Å². The molecule has 0 saturated carbocycles. The van der Waals surface area contributed by atoms with E-state index in [4.69, 9.17) is 0 Å². The number of nitrogens with one attached hydrogen (secondary N) is 1. The first-order valence-electron chi connectivity index (χ1n) is 9.15. The third-order valence-corrected chi connectivity index (χ3v) is 5.56. The number of carbonyl (C=O) groups is 1. The molecule has 2 aromatic rings. The van der Waals surface area contributed by atoms with Gasteiger partial charge < -0.3 is 5.32 Å². The second-order valence-electron chi connectivity index (χ2n) is 7.49. The molecule has 1 atom stereocenters. The summed E-state index contributed by atoms with van der Waals surface area (Å²) in [6.07, 6.45) is 2.86. The molecule has 2 aliphatic heterocycles. The van der Waals surface area contributed by atoms with Crippen LogP contribution in [-0.2, 0) is 24.3 Å². The van der Waals surface area contributed by atoms with Gasteiger partial charge in [0.1, 0.15) is 0 Å². The van der Waals surface area contributed by atoms with Crippen molar-refractivity contribution in [3.05, 3.63) is 65.0 Å². The lowest BCUT2D eigenvalue weighted by molar-refractivity contribution is -0.134. The molecular weight excluding hydrogens is 310 g/mol. The van der Waals surface area contributed by atoms with Crippen LogP contribution in [0.5, 0.6) is 0 Å². The summed E-state index contributed by atoms with van der Waals surface area (Å²) < 4.78 is 0. The first-order chi connectivity index (χ1) is 12.1. The zero-order valence-electron chi connectivity index (χ0n) is 14.8. The van der Waals surface area contributed by atoms with Gasteiger partial charge >= 0.3 is 0 Å². The number of aromatic nitrogens is 1. The molecule has 130 valence electrons.